The molecule has 0 saturated carbocycles. The lowest BCUT2D eigenvalue weighted by Gasteiger charge is -2.19. The Labute approximate surface area is 220 Å². The SMILES string of the molecule is COc1ccc2ncc(OCCCN3CCC(CNC(=O)c4cc5c(cc4Cl)SCCN5)C3)nc2c1. The van der Waals surface area contributed by atoms with Gasteiger partial charge in [0.15, 0.2) is 0 Å². The molecule has 10 heteroatoms. The summed E-state index contributed by atoms with van der Waals surface area (Å²) >= 11 is 8.16. The van der Waals surface area contributed by atoms with Crippen LogP contribution in [0.15, 0.2) is 41.4 Å². The molecule has 2 N–H and O–H groups in total. The highest BCUT2D eigenvalue weighted by Crippen LogP contribution is 2.35. The Balaban J connectivity index is 1.04. The molecule has 36 heavy (non-hydrogen) atoms. The van der Waals surface area contributed by atoms with Gasteiger partial charge in [-0.1, -0.05) is 11.6 Å². The van der Waals surface area contributed by atoms with Gasteiger partial charge in [0.25, 0.3) is 5.91 Å². The maximum absolute atomic E-state index is 12.8. The first-order chi connectivity index (χ1) is 17.6. The van der Waals surface area contributed by atoms with Crippen LogP contribution in [-0.4, -0.2) is 73.0 Å². The summed E-state index contributed by atoms with van der Waals surface area (Å²) < 4.78 is 11.1. The number of hydrogen-bond acceptors (Lipinski definition) is 8. The third kappa shape index (κ3) is 5.96. The van der Waals surface area contributed by atoms with E-state index >= 15 is 0 Å². The number of ether oxygens (including phenoxy) is 2. The zero-order chi connectivity index (χ0) is 24.9. The van der Waals surface area contributed by atoms with Crippen molar-refractivity contribution in [1.29, 1.82) is 0 Å². The predicted molar refractivity (Wildman–Crippen MR) is 144 cm³/mol. The molecule has 1 unspecified atom stereocenters. The van der Waals surface area contributed by atoms with Gasteiger partial charge >= 0.3 is 0 Å². The Bertz CT molecular complexity index is 1240. The number of nitrogens with zero attached hydrogens (tertiary/aromatic N) is 3. The quantitative estimate of drug-likeness (QED) is 0.397. The molecule has 1 amide bonds. The molecule has 2 aliphatic heterocycles. The second-order valence-electron chi connectivity index (χ2n) is 9.03. The van der Waals surface area contributed by atoms with Crippen LogP contribution in [0.2, 0.25) is 5.02 Å². The lowest BCUT2D eigenvalue weighted by Crippen LogP contribution is -2.31. The standard InChI is InChI=1S/C26H30ClN5O3S/c1-34-18-3-4-21-22(11-18)31-25(15-29-21)35-9-2-7-32-8-5-17(16-32)14-30-26(33)19-12-23-24(13-20(19)27)36-10-6-28-23/h3-4,11-13,15,17,28H,2,5-10,14,16H2,1H3,(H,30,33). The smallest absolute Gasteiger partial charge is 0.252 e. The van der Waals surface area contributed by atoms with Gasteiger partial charge in [-0.15, -0.1) is 11.8 Å². The van der Waals surface area contributed by atoms with E-state index in [4.69, 9.17) is 21.1 Å². The first kappa shape index (κ1) is 24.9. The summed E-state index contributed by atoms with van der Waals surface area (Å²) in [6.07, 6.45) is 3.62. The number of carbonyl (C=O) groups is 1. The molecular formula is C26H30ClN5O3S. The molecule has 1 aromatic heterocycles. The van der Waals surface area contributed by atoms with Crippen LogP contribution in [0.1, 0.15) is 23.2 Å². The second-order valence-corrected chi connectivity index (χ2v) is 10.6. The lowest BCUT2D eigenvalue weighted by molar-refractivity contribution is 0.0947. The highest BCUT2D eigenvalue weighted by Gasteiger charge is 2.23. The van der Waals surface area contributed by atoms with Gasteiger partial charge in [-0.2, -0.15) is 0 Å². The van der Waals surface area contributed by atoms with Gasteiger partial charge in [-0.05, 0) is 49.6 Å². The number of aromatic nitrogens is 2. The van der Waals surface area contributed by atoms with Gasteiger partial charge < -0.3 is 25.0 Å². The predicted octanol–water partition coefficient (Wildman–Crippen LogP) is 4.33. The van der Waals surface area contributed by atoms with Crippen molar-refractivity contribution in [2.45, 2.75) is 17.7 Å². The minimum Gasteiger partial charge on any atom is -0.497 e. The molecule has 190 valence electrons. The molecule has 5 rings (SSSR count). The van der Waals surface area contributed by atoms with Crippen molar-refractivity contribution in [2.24, 2.45) is 5.92 Å². The van der Waals surface area contributed by atoms with E-state index in [1.165, 1.54) is 0 Å². The Morgan fingerprint density at radius 2 is 2.22 bits per heavy atom. The van der Waals surface area contributed by atoms with E-state index in [1.54, 1.807) is 25.1 Å². The fraction of sp³-hybridized carbons (Fsp3) is 0.423. The number of carbonyl (C=O) groups excluding carboxylic acids is 1. The molecule has 0 aliphatic carbocycles. The first-order valence-corrected chi connectivity index (χ1v) is 13.6. The van der Waals surface area contributed by atoms with E-state index in [1.807, 2.05) is 30.3 Å². The molecular weight excluding hydrogens is 498 g/mol. The van der Waals surface area contributed by atoms with Gasteiger partial charge in [0.2, 0.25) is 5.88 Å². The van der Waals surface area contributed by atoms with Crippen molar-refractivity contribution in [3.05, 3.63) is 47.1 Å². The molecule has 2 aromatic carbocycles. The van der Waals surface area contributed by atoms with Crippen molar-refractivity contribution >= 4 is 46.0 Å². The number of anilines is 1. The van der Waals surface area contributed by atoms with Gasteiger partial charge in [0.05, 0.1) is 41.5 Å². The summed E-state index contributed by atoms with van der Waals surface area (Å²) in [5, 5.41) is 6.94. The van der Waals surface area contributed by atoms with E-state index in [9.17, 15) is 4.79 Å². The Hall–Kier alpha value is -2.75. The lowest BCUT2D eigenvalue weighted by atomic mass is 10.1. The molecule has 0 spiro atoms. The third-order valence-electron chi connectivity index (χ3n) is 6.51. The van der Waals surface area contributed by atoms with Crippen LogP contribution >= 0.6 is 23.4 Å². The molecule has 1 fully saturated rings. The topological polar surface area (TPSA) is 88.6 Å². The number of fused-ring (bicyclic) bond motifs is 2. The normalized spacial score (nSPS) is 17.4. The Morgan fingerprint density at radius 1 is 1.31 bits per heavy atom. The van der Waals surface area contributed by atoms with E-state index in [-0.39, 0.29) is 5.91 Å². The minimum absolute atomic E-state index is 0.110. The van der Waals surface area contributed by atoms with Crippen molar-refractivity contribution in [3.63, 3.8) is 0 Å². The van der Waals surface area contributed by atoms with Crippen molar-refractivity contribution in [1.82, 2.24) is 20.2 Å². The van der Waals surface area contributed by atoms with Crippen molar-refractivity contribution in [3.8, 4) is 11.6 Å². The Morgan fingerprint density at radius 3 is 3.11 bits per heavy atom. The van der Waals surface area contributed by atoms with Gasteiger partial charge in [-0.3, -0.25) is 4.79 Å². The van der Waals surface area contributed by atoms with Gasteiger partial charge in [0, 0.05) is 48.6 Å². The van der Waals surface area contributed by atoms with Crippen LogP contribution < -0.4 is 20.1 Å². The van der Waals surface area contributed by atoms with Gasteiger partial charge in [-0.25, -0.2) is 9.97 Å². The fourth-order valence-electron chi connectivity index (χ4n) is 4.58. The number of halogens is 1. The number of benzene rings is 2. The molecule has 1 atom stereocenters. The van der Waals surface area contributed by atoms with E-state index in [2.05, 4.69) is 25.5 Å². The van der Waals surface area contributed by atoms with Crippen molar-refractivity contribution < 1.29 is 14.3 Å². The average molecular weight is 528 g/mol. The van der Waals surface area contributed by atoms with Crippen LogP contribution in [0, 0.1) is 5.92 Å². The van der Waals surface area contributed by atoms with Crippen molar-refractivity contribution in [2.75, 3.05) is 57.5 Å². The molecule has 1 saturated heterocycles. The van der Waals surface area contributed by atoms with Crippen LogP contribution in [0.3, 0.4) is 0 Å². The summed E-state index contributed by atoms with van der Waals surface area (Å²) in [6, 6.07) is 9.37. The van der Waals surface area contributed by atoms with Crippen LogP contribution in [0.4, 0.5) is 5.69 Å². The summed E-state index contributed by atoms with van der Waals surface area (Å²) in [7, 11) is 1.63. The Kier molecular flexibility index (Phi) is 7.99. The third-order valence-corrected chi connectivity index (χ3v) is 7.88. The van der Waals surface area contributed by atoms with Gasteiger partial charge in [0.1, 0.15) is 5.75 Å². The minimum atomic E-state index is -0.110. The molecule has 8 nitrogen and oxygen atoms in total. The van der Waals surface area contributed by atoms with Crippen LogP contribution in [0.25, 0.3) is 11.0 Å². The highest BCUT2D eigenvalue weighted by atomic mass is 35.5. The number of hydrogen-bond donors (Lipinski definition) is 2. The fourth-order valence-corrected chi connectivity index (χ4v) is 5.81. The number of rotatable bonds is 9. The van der Waals surface area contributed by atoms with Crippen LogP contribution in [-0.2, 0) is 0 Å². The second kappa shape index (κ2) is 11.5. The summed E-state index contributed by atoms with van der Waals surface area (Å²) in [6.45, 7) is 5.05. The summed E-state index contributed by atoms with van der Waals surface area (Å²) in [5.41, 5.74) is 3.09. The summed E-state index contributed by atoms with van der Waals surface area (Å²) in [4.78, 5) is 25.2. The maximum atomic E-state index is 12.8. The molecule has 0 radical (unpaired) electrons. The zero-order valence-electron chi connectivity index (χ0n) is 20.3. The van der Waals surface area contributed by atoms with Crippen LogP contribution in [0.5, 0.6) is 11.6 Å². The zero-order valence-corrected chi connectivity index (χ0v) is 21.8. The summed E-state index contributed by atoms with van der Waals surface area (Å²) in [5.74, 6) is 2.59. The molecule has 3 heterocycles. The largest absolute Gasteiger partial charge is 0.497 e. The number of methoxy groups -OCH3 is 1. The van der Waals surface area contributed by atoms with E-state index in [0.29, 0.717) is 35.5 Å². The monoisotopic (exact) mass is 527 g/mol. The average Bonchev–Trinajstić information content (AvgIpc) is 3.36. The first-order valence-electron chi connectivity index (χ1n) is 12.2. The molecule has 3 aromatic rings. The van der Waals surface area contributed by atoms with E-state index in [0.717, 1.165) is 72.1 Å². The highest BCUT2D eigenvalue weighted by molar-refractivity contribution is 7.99. The molecule has 2 aliphatic rings. The number of nitrogens with one attached hydrogen (secondary N) is 2. The maximum Gasteiger partial charge on any atom is 0.252 e. The van der Waals surface area contributed by atoms with E-state index < -0.39 is 0 Å². The molecule has 0 bridgehead atoms. The number of amides is 1. The number of thioether (sulfide) groups is 1. The number of likely N-dealkylation sites (tertiary alicyclic amines) is 1.